The minimum absolute atomic E-state index is 0.0292. The minimum Gasteiger partial charge on any atom is -0.340 e. The van der Waals surface area contributed by atoms with Crippen LogP contribution in [-0.2, 0) is 11.3 Å². The van der Waals surface area contributed by atoms with E-state index in [9.17, 15) is 14.4 Å². The maximum Gasteiger partial charge on any atom is 0.279 e. The Morgan fingerprint density at radius 2 is 1.82 bits per heavy atom. The third-order valence-electron chi connectivity index (χ3n) is 4.65. The quantitative estimate of drug-likeness (QED) is 0.777. The van der Waals surface area contributed by atoms with Crippen LogP contribution in [0, 0.1) is 0 Å². The highest BCUT2D eigenvalue weighted by atomic mass is 16.2. The molecular formula is C19H24N6O3. The molecule has 0 radical (unpaired) electrons. The Morgan fingerprint density at radius 3 is 2.57 bits per heavy atom. The normalized spacial score (nSPS) is 14.8. The second-order valence-electron chi connectivity index (χ2n) is 6.82. The van der Waals surface area contributed by atoms with Gasteiger partial charge in [-0.25, -0.2) is 4.98 Å². The number of aromatic amines is 1. The van der Waals surface area contributed by atoms with Crippen LogP contribution in [0.2, 0.25) is 0 Å². The highest BCUT2D eigenvalue weighted by molar-refractivity contribution is 5.92. The highest BCUT2D eigenvalue weighted by Gasteiger charge is 2.25. The molecule has 9 nitrogen and oxygen atoms in total. The molecule has 28 heavy (non-hydrogen) atoms. The smallest absolute Gasteiger partial charge is 0.279 e. The number of amides is 2. The SMILES string of the molecule is CN(CC(=O)N1CCCN(C(=O)c2ncc[nH]c2=O)CC1)Cc1ccncc1. The van der Waals surface area contributed by atoms with E-state index in [0.717, 1.165) is 5.56 Å². The van der Waals surface area contributed by atoms with Gasteiger partial charge in [0.25, 0.3) is 11.5 Å². The molecule has 0 aliphatic carbocycles. The Kier molecular flexibility index (Phi) is 6.49. The summed E-state index contributed by atoms with van der Waals surface area (Å²) >= 11 is 0. The Hall–Kier alpha value is -3.07. The molecule has 1 aliphatic heterocycles. The van der Waals surface area contributed by atoms with Gasteiger partial charge in [-0.15, -0.1) is 0 Å². The zero-order chi connectivity index (χ0) is 19.9. The van der Waals surface area contributed by atoms with Gasteiger partial charge in [0.1, 0.15) is 0 Å². The van der Waals surface area contributed by atoms with E-state index in [2.05, 4.69) is 15.0 Å². The van der Waals surface area contributed by atoms with Crippen molar-refractivity contribution >= 4 is 11.8 Å². The average Bonchev–Trinajstić information content (AvgIpc) is 2.95. The molecule has 0 unspecified atom stereocenters. The second kappa shape index (κ2) is 9.23. The number of hydrogen-bond donors (Lipinski definition) is 1. The van der Waals surface area contributed by atoms with Crippen molar-refractivity contribution < 1.29 is 9.59 Å². The van der Waals surface area contributed by atoms with Crippen LogP contribution in [-0.4, -0.2) is 81.2 Å². The summed E-state index contributed by atoms with van der Waals surface area (Å²) in [4.78, 5) is 52.7. The van der Waals surface area contributed by atoms with Crippen LogP contribution in [0.25, 0.3) is 0 Å². The molecule has 148 valence electrons. The minimum atomic E-state index is -0.498. The Balaban J connectivity index is 1.54. The molecule has 0 saturated carbocycles. The third-order valence-corrected chi connectivity index (χ3v) is 4.65. The zero-order valence-electron chi connectivity index (χ0n) is 15.9. The van der Waals surface area contributed by atoms with Crippen molar-refractivity contribution in [1.82, 2.24) is 29.7 Å². The molecule has 2 aromatic rings. The van der Waals surface area contributed by atoms with E-state index in [-0.39, 0.29) is 11.6 Å². The number of carbonyl (C=O) groups is 2. The van der Waals surface area contributed by atoms with E-state index in [1.54, 1.807) is 22.2 Å². The van der Waals surface area contributed by atoms with Gasteiger partial charge in [0.15, 0.2) is 5.69 Å². The van der Waals surface area contributed by atoms with E-state index in [1.807, 2.05) is 24.1 Å². The summed E-state index contributed by atoms with van der Waals surface area (Å²) < 4.78 is 0. The fourth-order valence-corrected chi connectivity index (χ4v) is 3.21. The first-order valence-electron chi connectivity index (χ1n) is 9.23. The van der Waals surface area contributed by atoms with Gasteiger partial charge in [-0.3, -0.25) is 24.3 Å². The van der Waals surface area contributed by atoms with Gasteiger partial charge < -0.3 is 14.8 Å². The molecular weight excluding hydrogens is 360 g/mol. The summed E-state index contributed by atoms with van der Waals surface area (Å²) in [5, 5.41) is 0. The van der Waals surface area contributed by atoms with Crippen molar-refractivity contribution in [3.05, 3.63) is 58.5 Å². The lowest BCUT2D eigenvalue weighted by Gasteiger charge is -2.24. The van der Waals surface area contributed by atoms with Gasteiger partial charge in [0.2, 0.25) is 5.91 Å². The third kappa shape index (κ3) is 5.01. The summed E-state index contributed by atoms with van der Waals surface area (Å²) in [6, 6.07) is 3.85. The molecule has 0 atom stereocenters. The fraction of sp³-hybridized carbons (Fsp3) is 0.421. The number of H-pyrrole nitrogens is 1. The van der Waals surface area contributed by atoms with E-state index in [4.69, 9.17) is 0 Å². The van der Waals surface area contributed by atoms with E-state index >= 15 is 0 Å². The molecule has 0 bridgehead atoms. The average molecular weight is 384 g/mol. The first-order chi connectivity index (χ1) is 13.5. The number of nitrogens with zero attached hydrogens (tertiary/aromatic N) is 5. The van der Waals surface area contributed by atoms with Gasteiger partial charge >= 0.3 is 0 Å². The summed E-state index contributed by atoms with van der Waals surface area (Å²) in [5.74, 6) is -0.368. The number of carbonyl (C=O) groups excluding carboxylic acids is 2. The van der Waals surface area contributed by atoms with Crippen LogP contribution < -0.4 is 5.56 Å². The van der Waals surface area contributed by atoms with Crippen LogP contribution >= 0.6 is 0 Å². The standard InChI is InChI=1S/C19H24N6O3/c1-23(13-15-3-5-20-6-4-15)14-16(26)24-9-2-10-25(12-11-24)19(28)17-18(27)22-8-7-21-17/h3-8H,2,9-14H2,1H3,(H,22,27). The molecule has 3 heterocycles. The number of rotatable bonds is 5. The lowest BCUT2D eigenvalue weighted by Crippen LogP contribution is -2.42. The van der Waals surface area contributed by atoms with Gasteiger partial charge in [-0.1, -0.05) is 0 Å². The summed E-state index contributed by atoms with van der Waals surface area (Å²) in [6.45, 7) is 2.87. The lowest BCUT2D eigenvalue weighted by atomic mass is 10.2. The highest BCUT2D eigenvalue weighted by Crippen LogP contribution is 2.08. The van der Waals surface area contributed by atoms with Crippen molar-refractivity contribution in [3.63, 3.8) is 0 Å². The summed E-state index contributed by atoms with van der Waals surface area (Å²) in [7, 11) is 1.90. The predicted molar refractivity (Wildman–Crippen MR) is 103 cm³/mol. The molecule has 0 aromatic carbocycles. The molecule has 2 amide bonds. The van der Waals surface area contributed by atoms with Crippen LogP contribution in [0.15, 0.2) is 41.7 Å². The van der Waals surface area contributed by atoms with Crippen LogP contribution in [0.5, 0.6) is 0 Å². The topological polar surface area (TPSA) is 103 Å². The Bertz CT molecular complexity index is 869. The van der Waals surface area contributed by atoms with Crippen LogP contribution in [0.3, 0.4) is 0 Å². The van der Waals surface area contributed by atoms with Crippen molar-refractivity contribution in [2.75, 3.05) is 39.8 Å². The van der Waals surface area contributed by atoms with Crippen molar-refractivity contribution in [2.24, 2.45) is 0 Å². The van der Waals surface area contributed by atoms with E-state index < -0.39 is 11.5 Å². The Labute approximate surface area is 163 Å². The number of likely N-dealkylation sites (N-methyl/N-ethyl adjacent to an activating group) is 1. The van der Waals surface area contributed by atoms with Gasteiger partial charge in [0, 0.05) is 57.5 Å². The Morgan fingerprint density at radius 1 is 1.11 bits per heavy atom. The number of nitrogens with one attached hydrogen (secondary N) is 1. The number of pyridine rings is 1. The van der Waals surface area contributed by atoms with Crippen molar-refractivity contribution in [3.8, 4) is 0 Å². The first kappa shape index (κ1) is 19.7. The molecule has 1 fully saturated rings. The van der Waals surface area contributed by atoms with Crippen LogP contribution in [0.1, 0.15) is 22.5 Å². The van der Waals surface area contributed by atoms with E-state index in [1.165, 1.54) is 12.4 Å². The molecule has 2 aromatic heterocycles. The molecule has 0 spiro atoms. The van der Waals surface area contributed by atoms with Crippen molar-refractivity contribution in [1.29, 1.82) is 0 Å². The van der Waals surface area contributed by atoms with E-state index in [0.29, 0.717) is 45.7 Å². The van der Waals surface area contributed by atoms with Gasteiger partial charge in [-0.05, 0) is 31.2 Å². The summed E-state index contributed by atoms with van der Waals surface area (Å²) in [5.41, 5.74) is 0.486. The maximum atomic E-state index is 12.7. The summed E-state index contributed by atoms with van der Waals surface area (Å²) in [6.07, 6.45) is 6.91. The molecule has 1 N–H and O–H groups in total. The predicted octanol–water partition coefficient (Wildman–Crippen LogP) is -0.0286. The molecule has 9 heteroatoms. The molecule has 3 rings (SSSR count). The largest absolute Gasteiger partial charge is 0.340 e. The maximum absolute atomic E-state index is 12.7. The molecule has 1 saturated heterocycles. The van der Waals surface area contributed by atoms with Gasteiger partial charge in [-0.2, -0.15) is 0 Å². The number of hydrogen-bond acceptors (Lipinski definition) is 6. The first-order valence-corrected chi connectivity index (χ1v) is 9.23. The monoisotopic (exact) mass is 384 g/mol. The van der Waals surface area contributed by atoms with Gasteiger partial charge in [0.05, 0.1) is 6.54 Å². The second-order valence-corrected chi connectivity index (χ2v) is 6.82. The molecule has 1 aliphatic rings. The zero-order valence-corrected chi connectivity index (χ0v) is 15.9. The van der Waals surface area contributed by atoms with Crippen molar-refractivity contribution in [2.45, 2.75) is 13.0 Å². The van der Waals surface area contributed by atoms with Crippen LogP contribution in [0.4, 0.5) is 0 Å². The fourth-order valence-electron chi connectivity index (χ4n) is 3.21. The number of aromatic nitrogens is 3. The lowest BCUT2D eigenvalue weighted by molar-refractivity contribution is -0.132.